The Bertz CT molecular complexity index is 2050. The van der Waals surface area contributed by atoms with Gasteiger partial charge in [-0.2, -0.15) is 0 Å². The monoisotopic (exact) mass is 717 g/mol. The van der Waals surface area contributed by atoms with Gasteiger partial charge in [0.05, 0.1) is 43.1 Å². The average Bonchev–Trinajstić information content (AvgIpc) is 3.56. The van der Waals surface area contributed by atoms with E-state index in [-0.39, 0.29) is 43.4 Å². The van der Waals surface area contributed by atoms with E-state index in [1.807, 2.05) is 117 Å². The SMILES string of the molecule is C[C@H]1[C@H]([Si](C)(C)O)[C@@H](CC(=O)N2Cc3ccccc3C[C@H]2CO)O[C@]12C(=O)N(Cc1ccccc1)c1ccc(N3C(=O)COc4ccccc43)cc12. The van der Waals surface area contributed by atoms with Gasteiger partial charge >= 0.3 is 0 Å². The maximum absolute atomic E-state index is 15.1. The predicted molar refractivity (Wildman–Crippen MR) is 199 cm³/mol. The first-order chi connectivity index (χ1) is 25.0. The summed E-state index contributed by atoms with van der Waals surface area (Å²) in [5.74, 6) is -0.629. The molecule has 8 rings (SSSR count). The summed E-state index contributed by atoms with van der Waals surface area (Å²) in [6.45, 7) is 5.97. The Labute approximate surface area is 304 Å². The second-order valence-electron chi connectivity index (χ2n) is 15.0. The van der Waals surface area contributed by atoms with Crippen molar-refractivity contribution in [3.05, 3.63) is 119 Å². The molecule has 4 aromatic rings. The van der Waals surface area contributed by atoms with Crippen LogP contribution in [-0.2, 0) is 44.2 Å². The van der Waals surface area contributed by atoms with E-state index in [4.69, 9.17) is 9.47 Å². The molecule has 10 nitrogen and oxygen atoms in total. The van der Waals surface area contributed by atoms with Crippen LogP contribution in [0, 0.1) is 5.92 Å². The third-order valence-corrected chi connectivity index (χ3v) is 13.9. The van der Waals surface area contributed by atoms with Gasteiger partial charge < -0.3 is 29.2 Å². The van der Waals surface area contributed by atoms with Crippen molar-refractivity contribution in [3.63, 3.8) is 0 Å². The van der Waals surface area contributed by atoms with Crippen molar-refractivity contribution in [3.8, 4) is 5.75 Å². The van der Waals surface area contributed by atoms with E-state index in [9.17, 15) is 19.5 Å². The maximum atomic E-state index is 15.1. The Morgan fingerprint density at radius 2 is 1.63 bits per heavy atom. The van der Waals surface area contributed by atoms with Gasteiger partial charge in [-0.1, -0.05) is 73.7 Å². The molecule has 0 saturated carbocycles. The van der Waals surface area contributed by atoms with E-state index >= 15 is 4.79 Å². The standard InChI is InChI=1S/C41H43N3O7Si/c1-26-39(52(2,3)49)36(21-37(46)42-23-29-14-8-7-13-28(29)19-31(42)24-45)51-41(26)32-20-30(44-34-15-9-10-16-35(34)50-25-38(44)47)17-18-33(32)43(40(41)48)22-27-11-5-4-6-12-27/h4-18,20,26,31,36,39,45,49H,19,21-25H2,1-3H3/t26-,31-,36+,39-,41+/m0/s1. The first kappa shape index (κ1) is 34.3. The van der Waals surface area contributed by atoms with Crippen LogP contribution >= 0.6 is 0 Å². The zero-order valence-corrected chi connectivity index (χ0v) is 30.6. The lowest BCUT2D eigenvalue weighted by molar-refractivity contribution is -0.151. The van der Waals surface area contributed by atoms with Gasteiger partial charge in [-0.15, -0.1) is 0 Å². The first-order valence-electron chi connectivity index (χ1n) is 17.9. The lowest BCUT2D eigenvalue weighted by Gasteiger charge is -2.37. The summed E-state index contributed by atoms with van der Waals surface area (Å²) < 4.78 is 12.8. The first-order valence-corrected chi connectivity index (χ1v) is 21.0. The quantitative estimate of drug-likeness (QED) is 0.245. The highest BCUT2D eigenvalue weighted by Gasteiger charge is 2.66. The number of aliphatic hydroxyl groups is 1. The molecule has 1 saturated heterocycles. The molecule has 4 aromatic carbocycles. The van der Waals surface area contributed by atoms with Crippen LogP contribution in [0.5, 0.6) is 5.75 Å². The van der Waals surface area contributed by atoms with Gasteiger partial charge in [0.2, 0.25) is 5.91 Å². The second-order valence-corrected chi connectivity index (χ2v) is 18.9. The predicted octanol–water partition coefficient (Wildman–Crippen LogP) is 5.42. The van der Waals surface area contributed by atoms with E-state index in [0.717, 1.165) is 16.7 Å². The number of hydrogen-bond donors (Lipinski definition) is 2. The molecule has 4 heterocycles. The molecule has 3 amide bonds. The summed E-state index contributed by atoms with van der Waals surface area (Å²) in [6.07, 6.45) is -0.281. The fourth-order valence-corrected chi connectivity index (χ4v) is 11.6. The van der Waals surface area contributed by atoms with Crippen LogP contribution in [0.25, 0.3) is 0 Å². The maximum Gasteiger partial charge on any atom is 0.269 e. The molecule has 268 valence electrons. The molecule has 2 N–H and O–H groups in total. The topological polar surface area (TPSA) is 120 Å². The Kier molecular flexibility index (Phi) is 8.57. The van der Waals surface area contributed by atoms with Gasteiger partial charge in [0, 0.05) is 29.3 Å². The van der Waals surface area contributed by atoms with Crippen LogP contribution in [0.1, 0.15) is 35.6 Å². The molecule has 1 spiro atoms. The average molecular weight is 718 g/mol. The molecular formula is C41H43N3O7Si. The number of fused-ring (bicyclic) bond motifs is 4. The molecule has 0 bridgehead atoms. The van der Waals surface area contributed by atoms with E-state index in [1.165, 1.54) is 0 Å². The number of nitrogens with zero attached hydrogens (tertiary/aromatic N) is 3. The van der Waals surface area contributed by atoms with Crippen molar-refractivity contribution in [2.45, 2.75) is 69.2 Å². The molecule has 4 aliphatic heterocycles. The van der Waals surface area contributed by atoms with Crippen molar-refractivity contribution in [2.75, 3.05) is 23.0 Å². The molecule has 4 aliphatic rings. The Morgan fingerprint density at radius 3 is 2.38 bits per heavy atom. The van der Waals surface area contributed by atoms with Crippen molar-refractivity contribution in [1.82, 2.24) is 4.90 Å². The van der Waals surface area contributed by atoms with Crippen LogP contribution in [0.3, 0.4) is 0 Å². The minimum absolute atomic E-state index is 0.0528. The molecule has 11 heteroatoms. The number of carbonyl (C=O) groups excluding carboxylic acids is 3. The van der Waals surface area contributed by atoms with Crippen LogP contribution in [0.4, 0.5) is 17.1 Å². The van der Waals surface area contributed by atoms with E-state index in [1.54, 1.807) is 14.7 Å². The zero-order valence-electron chi connectivity index (χ0n) is 29.6. The highest BCUT2D eigenvalue weighted by Crippen LogP contribution is 2.60. The minimum atomic E-state index is -3.09. The lowest BCUT2D eigenvalue weighted by atomic mass is 9.82. The van der Waals surface area contributed by atoms with E-state index in [0.29, 0.717) is 47.9 Å². The Hall–Kier alpha value is -4.81. The molecule has 0 aliphatic carbocycles. The van der Waals surface area contributed by atoms with Gasteiger partial charge in [0.1, 0.15) is 5.75 Å². The molecule has 1 fully saturated rings. The highest BCUT2D eigenvalue weighted by molar-refractivity contribution is 6.71. The largest absolute Gasteiger partial charge is 0.482 e. The molecule has 0 aromatic heterocycles. The van der Waals surface area contributed by atoms with Crippen molar-refractivity contribution in [1.29, 1.82) is 0 Å². The van der Waals surface area contributed by atoms with Gasteiger partial charge in [-0.05, 0) is 66.5 Å². The number of anilines is 3. The molecule has 52 heavy (non-hydrogen) atoms. The lowest BCUT2D eigenvalue weighted by Crippen LogP contribution is -2.48. The van der Waals surface area contributed by atoms with E-state index in [2.05, 4.69) is 0 Å². The fraction of sp³-hybridized carbons (Fsp3) is 0.341. The molecule has 0 radical (unpaired) electrons. The van der Waals surface area contributed by atoms with Crippen LogP contribution in [0.15, 0.2) is 97.1 Å². The number of para-hydroxylation sites is 2. The third-order valence-electron chi connectivity index (χ3n) is 11.4. The third kappa shape index (κ3) is 5.54. The van der Waals surface area contributed by atoms with Crippen molar-refractivity contribution >= 4 is 43.1 Å². The normalized spacial score (nSPS) is 25.2. The molecule has 0 unspecified atom stereocenters. The summed E-state index contributed by atoms with van der Waals surface area (Å²) >= 11 is 0. The summed E-state index contributed by atoms with van der Waals surface area (Å²) in [7, 11) is -3.09. The summed E-state index contributed by atoms with van der Waals surface area (Å²) in [5.41, 5.74) is 3.51. The van der Waals surface area contributed by atoms with Gasteiger partial charge in [0.25, 0.3) is 11.8 Å². The van der Waals surface area contributed by atoms with Crippen LogP contribution < -0.4 is 14.5 Å². The number of carbonyl (C=O) groups is 3. The smallest absolute Gasteiger partial charge is 0.269 e. The Balaban J connectivity index is 1.21. The van der Waals surface area contributed by atoms with Crippen LogP contribution in [0.2, 0.25) is 18.6 Å². The number of hydrogen-bond acceptors (Lipinski definition) is 7. The molecule has 5 atom stereocenters. The summed E-state index contributed by atoms with van der Waals surface area (Å²) in [5, 5.41) is 10.4. The van der Waals surface area contributed by atoms with Crippen LogP contribution in [-0.4, -0.2) is 66.2 Å². The van der Waals surface area contributed by atoms with Gasteiger partial charge in [-0.3, -0.25) is 19.3 Å². The van der Waals surface area contributed by atoms with Gasteiger partial charge in [-0.25, -0.2) is 0 Å². The Morgan fingerprint density at radius 1 is 0.923 bits per heavy atom. The number of ether oxygens (including phenoxy) is 2. The van der Waals surface area contributed by atoms with Crippen molar-refractivity contribution in [2.24, 2.45) is 5.92 Å². The number of amides is 3. The fourth-order valence-electron chi connectivity index (χ4n) is 9.04. The molecular weight excluding hydrogens is 675 g/mol. The van der Waals surface area contributed by atoms with Gasteiger partial charge in [0.15, 0.2) is 20.5 Å². The van der Waals surface area contributed by atoms with E-state index < -0.39 is 31.5 Å². The highest BCUT2D eigenvalue weighted by atomic mass is 28.4. The number of rotatable bonds is 7. The zero-order chi connectivity index (χ0) is 36.4. The number of aliphatic hydroxyl groups excluding tert-OH is 1. The van der Waals surface area contributed by atoms with Crippen molar-refractivity contribution < 1.29 is 33.8 Å². The number of benzene rings is 4. The minimum Gasteiger partial charge on any atom is -0.482 e. The summed E-state index contributed by atoms with van der Waals surface area (Å²) in [4.78, 5) is 59.8. The second kappa shape index (κ2) is 13.0. The summed E-state index contributed by atoms with van der Waals surface area (Å²) in [6, 6.07) is 30.2.